The Balaban J connectivity index is 2.24. The monoisotopic (exact) mass is 378 g/mol. The van der Waals surface area contributed by atoms with Gasteiger partial charge in [0.1, 0.15) is 0 Å². The molecule has 1 saturated heterocycles. The van der Waals surface area contributed by atoms with Crippen molar-refractivity contribution in [2.45, 2.75) is 24.1 Å². The van der Waals surface area contributed by atoms with E-state index in [0.29, 0.717) is 23.1 Å². The number of sulfone groups is 1. The maximum Gasteiger partial charge on any atom is 0.244 e. The summed E-state index contributed by atoms with van der Waals surface area (Å²) in [6, 6.07) is 5.12. The standard InChI is InChI=1S/C15H20Cl2N2O3S/c1-19(10-11-3-4-12(16)13(17)9-11)14(20)15(23(2,21)22)5-7-18-8-6-15/h3-4,9,18H,5-8,10H2,1-2H3. The highest BCUT2D eigenvalue weighted by Gasteiger charge is 2.49. The van der Waals surface area contributed by atoms with Gasteiger partial charge in [0.2, 0.25) is 5.91 Å². The van der Waals surface area contributed by atoms with Crippen molar-refractivity contribution in [1.29, 1.82) is 0 Å². The first-order chi connectivity index (χ1) is 10.7. The van der Waals surface area contributed by atoms with Crippen LogP contribution < -0.4 is 5.32 Å². The number of piperidine rings is 1. The number of carbonyl (C=O) groups excluding carboxylic acids is 1. The van der Waals surface area contributed by atoms with Crippen molar-refractivity contribution in [3.05, 3.63) is 33.8 Å². The first-order valence-corrected chi connectivity index (χ1v) is 9.92. The highest BCUT2D eigenvalue weighted by molar-refractivity contribution is 7.92. The fourth-order valence-corrected chi connectivity index (χ4v) is 4.64. The summed E-state index contributed by atoms with van der Waals surface area (Å²) < 4.78 is 23.2. The maximum absolute atomic E-state index is 12.9. The van der Waals surface area contributed by atoms with Gasteiger partial charge in [0, 0.05) is 19.8 Å². The quantitative estimate of drug-likeness (QED) is 0.871. The van der Waals surface area contributed by atoms with Crippen LogP contribution in [0.3, 0.4) is 0 Å². The molecule has 1 aliphatic rings. The van der Waals surface area contributed by atoms with Crippen LogP contribution in [0.5, 0.6) is 0 Å². The first kappa shape index (κ1) is 18.5. The third kappa shape index (κ3) is 3.82. The van der Waals surface area contributed by atoms with Gasteiger partial charge in [0.05, 0.1) is 10.0 Å². The van der Waals surface area contributed by atoms with Gasteiger partial charge in [-0.05, 0) is 43.6 Å². The molecule has 0 aromatic heterocycles. The van der Waals surface area contributed by atoms with E-state index in [1.165, 1.54) is 4.90 Å². The Morgan fingerprint density at radius 3 is 2.39 bits per heavy atom. The van der Waals surface area contributed by atoms with E-state index in [1.54, 1.807) is 25.2 Å². The molecule has 2 rings (SSSR count). The Morgan fingerprint density at radius 2 is 1.87 bits per heavy atom. The lowest BCUT2D eigenvalue weighted by Gasteiger charge is -2.37. The fraction of sp³-hybridized carbons (Fsp3) is 0.533. The Morgan fingerprint density at radius 1 is 1.26 bits per heavy atom. The van der Waals surface area contributed by atoms with Gasteiger partial charge < -0.3 is 10.2 Å². The molecule has 0 aliphatic carbocycles. The number of hydrogen-bond acceptors (Lipinski definition) is 4. The Bertz CT molecular complexity index is 701. The van der Waals surface area contributed by atoms with Gasteiger partial charge in [-0.3, -0.25) is 4.79 Å². The van der Waals surface area contributed by atoms with E-state index < -0.39 is 14.6 Å². The average molecular weight is 379 g/mol. The van der Waals surface area contributed by atoms with Gasteiger partial charge in [0.15, 0.2) is 14.6 Å². The van der Waals surface area contributed by atoms with E-state index in [1.807, 2.05) is 0 Å². The molecule has 0 radical (unpaired) electrons. The van der Waals surface area contributed by atoms with E-state index in [2.05, 4.69) is 5.32 Å². The summed E-state index contributed by atoms with van der Waals surface area (Å²) in [4.78, 5) is 14.3. The van der Waals surface area contributed by atoms with Crippen molar-refractivity contribution in [3.63, 3.8) is 0 Å². The van der Waals surface area contributed by atoms with Crippen LogP contribution in [-0.4, -0.2) is 50.4 Å². The zero-order valence-electron chi connectivity index (χ0n) is 13.1. The van der Waals surface area contributed by atoms with Crippen molar-refractivity contribution < 1.29 is 13.2 Å². The van der Waals surface area contributed by atoms with Crippen molar-refractivity contribution in [2.75, 3.05) is 26.4 Å². The van der Waals surface area contributed by atoms with Gasteiger partial charge >= 0.3 is 0 Å². The molecule has 0 spiro atoms. The second-order valence-electron chi connectivity index (χ2n) is 5.93. The topological polar surface area (TPSA) is 66.5 Å². The number of halogens is 2. The molecule has 1 aromatic carbocycles. The molecule has 1 aromatic rings. The summed E-state index contributed by atoms with van der Waals surface area (Å²) >= 11 is 11.9. The lowest BCUT2D eigenvalue weighted by atomic mass is 9.95. The molecule has 0 atom stereocenters. The summed E-state index contributed by atoms with van der Waals surface area (Å²) in [6.07, 6.45) is 1.72. The Kier molecular flexibility index (Phi) is 5.61. The van der Waals surface area contributed by atoms with Crippen molar-refractivity contribution >= 4 is 38.9 Å². The Hall–Kier alpha value is -0.820. The summed E-state index contributed by atoms with van der Waals surface area (Å²) in [6.45, 7) is 1.30. The number of amides is 1. The van der Waals surface area contributed by atoms with Crippen LogP contribution in [0.25, 0.3) is 0 Å². The molecule has 1 aliphatic heterocycles. The molecule has 23 heavy (non-hydrogen) atoms. The minimum Gasteiger partial charge on any atom is -0.340 e. The van der Waals surface area contributed by atoms with E-state index in [9.17, 15) is 13.2 Å². The van der Waals surface area contributed by atoms with Crippen LogP contribution in [0, 0.1) is 0 Å². The molecule has 128 valence electrons. The van der Waals surface area contributed by atoms with Crippen LogP contribution in [0.4, 0.5) is 0 Å². The minimum absolute atomic E-state index is 0.278. The van der Waals surface area contributed by atoms with Gasteiger partial charge in [0.25, 0.3) is 0 Å². The SMILES string of the molecule is CN(Cc1ccc(Cl)c(Cl)c1)C(=O)C1(S(C)(=O)=O)CCNCC1. The van der Waals surface area contributed by atoms with Crippen LogP contribution >= 0.6 is 23.2 Å². The second-order valence-corrected chi connectivity index (χ2v) is 9.07. The summed E-state index contributed by atoms with van der Waals surface area (Å²) in [5.41, 5.74) is 0.799. The van der Waals surface area contributed by atoms with Crippen LogP contribution in [0.1, 0.15) is 18.4 Å². The van der Waals surface area contributed by atoms with Crippen molar-refractivity contribution in [3.8, 4) is 0 Å². The number of carbonyl (C=O) groups is 1. The normalized spacial score (nSPS) is 17.7. The largest absolute Gasteiger partial charge is 0.340 e. The molecule has 5 nitrogen and oxygen atoms in total. The third-order valence-electron chi connectivity index (χ3n) is 4.26. The van der Waals surface area contributed by atoms with Crippen molar-refractivity contribution in [2.24, 2.45) is 0 Å². The van der Waals surface area contributed by atoms with Gasteiger partial charge in [-0.2, -0.15) is 0 Å². The predicted octanol–water partition coefficient (Wildman–Crippen LogP) is 2.12. The zero-order chi connectivity index (χ0) is 17.3. The smallest absolute Gasteiger partial charge is 0.244 e. The fourth-order valence-electron chi connectivity index (χ4n) is 2.91. The van der Waals surface area contributed by atoms with E-state index in [0.717, 1.165) is 11.8 Å². The number of benzene rings is 1. The average Bonchev–Trinajstić information content (AvgIpc) is 2.49. The highest BCUT2D eigenvalue weighted by atomic mass is 35.5. The van der Waals surface area contributed by atoms with Crippen LogP contribution in [0.15, 0.2) is 18.2 Å². The number of nitrogens with one attached hydrogen (secondary N) is 1. The molecular formula is C15H20Cl2N2O3S. The van der Waals surface area contributed by atoms with Gasteiger partial charge in [-0.15, -0.1) is 0 Å². The summed E-state index contributed by atoms with van der Waals surface area (Å²) in [5.74, 6) is -0.368. The van der Waals surface area contributed by atoms with E-state index in [-0.39, 0.29) is 25.3 Å². The summed E-state index contributed by atoms with van der Waals surface area (Å²) in [7, 11) is -1.91. The molecule has 1 fully saturated rings. The zero-order valence-corrected chi connectivity index (χ0v) is 15.4. The lowest BCUT2D eigenvalue weighted by molar-refractivity contribution is -0.134. The van der Waals surface area contributed by atoms with Crippen molar-refractivity contribution in [1.82, 2.24) is 10.2 Å². The molecule has 0 bridgehead atoms. The third-order valence-corrected chi connectivity index (χ3v) is 7.00. The molecule has 1 N–H and O–H groups in total. The molecule has 0 saturated carbocycles. The molecule has 1 amide bonds. The molecule has 0 unspecified atom stereocenters. The molecule has 8 heteroatoms. The number of hydrogen-bond donors (Lipinski definition) is 1. The number of rotatable bonds is 4. The van der Waals surface area contributed by atoms with Gasteiger partial charge in [-0.1, -0.05) is 29.3 Å². The highest BCUT2D eigenvalue weighted by Crippen LogP contribution is 2.30. The van der Waals surface area contributed by atoms with E-state index in [4.69, 9.17) is 23.2 Å². The van der Waals surface area contributed by atoms with Crippen LogP contribution in [-0.2, 0) is 21.2 Å². The molecular weight excluding hydrogens is 359 g/mol. The molecule has 1 heterocycles. The Labute approximate surface area is 146 Å². The minimum atomic E-state index is -3.52. The van der Waals surface area contributed by atoms with Gasteiger partial charge in [-0.25, -0.2) is 8.42 Å². The van der Waals surface area contributed by atoms with E-state index >= 15 is 0 Å². The predicted molar refractivity (Wildman–Crippen MR) is 92.6 cm³/mol. The first-order valence-electron chi connectivity index (χ1n) is 7.27. The summed E-state index contributed by atoms with van der Waals surface area (Å²) in [5, 5.41) is 3.95. The van der Waals surface area contributed by atoms with Crippen LogP contribution in [0.2, 0.25) is 10.0 Å². The second kappa shape index (κ2) is 6.97. The lowest BCUT2D eigenvalue weighted by Crippen LogP contribution is -2.57. The number of nitrogens with zero attached hydrogens (tertiary/aromatic N) is 1. The maximum atomic E-state index is 12.9.